The molecular formula is C58H64BN3. The average Bonchev–Trinajstić information content (AvgIpc) is 3.23. The topological polar surface area (TPSA) is 9.72 Å². The van der Waals surface area contributed by atoms with E-state index in [0.717, 1.165) is 51.2 Å². The van der Waals surface area contributed by atoms with Gasteiger partial charge in [-0.3, -0.25) is 0 Å². The second-order valence-corrected chi connectivity index (χ2v) is 20.8. The molecule has 0 spiro atoms. The smallest absolute Gasteiger partial charge is 0.119 e. The molecule has 0 fully saturated rings. The van der Waals surface area contributed by atoms with Gasteiger partial charge in [-0.05, 0) is 134 Å². The number of hydrogen-bond donors (Lipinski definition) is 0. The summed E-state index contributed by atoms with van der Waals surface area (Å²) in [7, 11) is 7.78. The van der Waals surface area contributed by atoms with Crippen LogP contribution in [0.1, 0.15) is 105 Å². The maximum atomic E-state index is 7.78. The van der Waals surface area contributed by atoms with Crippen LogP contribution in [0.3, 0.4) is 0 Å². The second-order valence-electron chi connectivity index (χ2n) is 20.8. The summed E-state index contributed by atoms with van der Waals surface area (Å²) in [5.74, 6) is 0. The van der Waals surface area contributed by atoms with Gasteiger partial charge in [-0.25, -0.2) is 0 Å². The minimum absolute atomic E-state index is 0.00127. The largest absolute Gasteiger partial charge is 0.311 e. The molecule has 7 aromatic carbocycles. The highest BCUT2D eigenvalue weighted by Crippen LogP contribution is 2.45. The zero-order valence-corrected chi connectivity index (χ0v) is 39.1. The molecule has 0 heterocycles. The van der Waals surface area contributed by atoms with Crippen LogP contribution in [0.25, 0.3) is 0 Å². The molecule has 314 valence electrons. The van der Waals surface area contributed by atoms with Crippen molar-refractivity contribution in [3.8, 4) is 0 Å². The Kier molecular flexibility index (Phi) is 12.1. The Bertz CT molecular complexity index is 2270. The minimum atomic E-state index is 0.00127. The zero-order chi connectivity index (χ0) is 44.6. The molecule has 7 rings (SSSR count). The Morgan fingerprint density at radius 2 is 0.500 bits per heavy atom. The lowest BCUT2D eigenvalue weighted by Crippen LogP contribution is -2.26. The molecule has 7 aromatic rings. The molecule has 2 radical (unpaired) electrons. The first-order chi connectivity index (χ1) is 29.2. The molecule has 0 aliphatic rings. The SMILES string of the molecule is [B]c1c(N(c2ccc(C(C)(C)C)cc2)c2ccc(C(C)(C)C)cc2)cc(N(c2ccccc2)c2ccccc2)cc1N(c1ccc(C(C)(C)C)cc1)c1ccc(C(C)(C)C)cc1. The third kappa shape index (κ3) is 9.56. The van der Waals surface area contributed by atoms with Crippen LogP contribution in [-0.2, 0) is 21.7 Å². The predicted octanol–water partition coefficient (Wildman–Crippen LogP) is 16.1. The van der Waals surface area contributed by atoms with Crippen molar-refractivity contribution < 1.29 is 0 Å². The van der Waals surface area contributed by atoms with Crippen LogP contribution in [-0.4, -0.2) is 7.85 Å². The summed E-state index contributed by atoms with van der Waals surface area (Å²) in [6, 6.07) is 61.7. The monoisotopic (exact) mass is 814 g/mol. The van der Waals surface area contributed by atoms with Gasteiger partial charge >= 0.3 is 0 Å². The first-order valence-electron chi connectivity index (χ1n) is 22.1. The molecule has 0 unspecified atom stereocenters. The summed E-state index contributed by atoms with van der Waals surface area (Å²) < 4.78 is 0. The van der Waals surface area contributed by atoms with Crippen molar-refractivity contribution in [2.45, 2.75) is 105 Å². The maximum absolute atomic E-state index is 7.78. The fourth-order valence-corrected chi connectivity index (χ4v) is 8.01. The number of rotatable bonds is 9. The highest BCUT2D eigenvalue weighted by Gasteiger charge is 2.27. The van der Waals surface area contributed by atoms with Crippen LogP contribution < -0.4 is 20.2 Å². The highest BCUT2D eigenvalue weighted by molar-refractivity contribution is 6.40. The number of para-hydroxylation sites is 2. The standard InChI is InChI=1S/C58H64BN3/c1-55(2,3)41-23-31-47(32-24-41)61(48-33-25-42(26-34-48)56(4,5)6)52-39-51(60(45-19-15-13-16-20-45)46-21-17-14-18-22-46)40-53(54(52)59)62(49-35-27-43(28-36-49)57(7,8)9)50-37-29-44(30-38-50)58(10,11)12/h13-40H,1-12H3. The Labute approximate surface area is 374 Å². The van der Waals surface area contributed by atoms with Crippen molar-refractivity contribution in [1.29, 1.82) is 0 Å². The van der Waals surface area contributed by atoms with E-state index < -0.39 is 0 Å². The number of benzene rings is 7. The number of hydrogen-bond acceptors (Lipinski definition) is 3. The molecule has 0 amide bonds. The van der Waals surface area contributed by atoms with Crippen LogP contribution in [0.5, 0.6) is 0 Å². The maximum Gasteiger partial charge on any atom is 0.119 e. The van der Waals surface area contributed by atoms with Gasteiger partial charge in [0.25, 0.3) is 0 Å². The lowest BCUT2D eigenvalue weighted by molar-refractivity contribution is 0.590. The highest BCUT2D eigenvalue weighted by atomic mass is 15.2. The molecule has 0 saturated carbocycles. The van der Waals surface area contributed by atoms with Gasteiger partial charge in [-0.1, -0.05) is 168 Å². The second kappa shape index (κ2) is 17.0. The minimum Gasteiger partial charge on any atom is -0.311 e. The van der Waals surface area contributed by atoms with Gasteiger partial charge in [-0.2, -0.15) is 0 Å². The van der Waals surface area contributed by atoms with Gasteiger partial charge in [0, 0.05) is 45.5 Å². The predicted molar refractivity (Wildman–Crippen MR) is 271 cm³/mol. The fourth-order valence-electron chi connectivity index (χ4n) is 8.01. The van der Waals surface area contributed by atoms with Crippen molar-refractivity contribution in [3.05, 3.63) is 192 Å². The van der Waals surface area contributed by atoms with Crippen molar-refractivity contribution in [1.82, 2.24) is 0 Å². The van der Waals surface area contributed by atoms with Crippen molar-refractivity contribution in [2.24, 2.45) is 0 Å². The molecule has 0 atom stereocenters. The van der Waals surface area contributed by atoms with Crippen molar-refractivity contribution >= 4 is 64.5 Å². The fraction of sp³-hybridized carbons (Fsp3) is 0.276. The van der Waals surface area contributed by atoms with Gasteiger partial charge < -0.3 is 14.7 Å². The first kappa shape index (κ1) is 44.1. The summed E-state index contributed by atoms with van der Waals surface area (Å²) in [6.07, 6.45) is 0. The van der Waals surface area contributed by atoms with E-state index in [1.54, 1.807) is 0 Å². The Balaban J connectivity index is 1.57. The van der Waals surface area contributed by atoms with E-state index in [9.17, 15) is 0 Å². The summed E-state index contributed by atoms with van der Waals surface area (Å²) in [4.78, 5) is 7.00. The molecule has 0 aromatic heterocycles. The Morgan fingerprint density at radius 1 is 0.274 bits per heavy atom. The summed E-state index contributed by atoms with van der Waals surface area (Å²) in [5, 5.41) is 0. The van der Waals surface area contributed by atoms with E-state index >= 15 is 0 Å². The van der Waals surface area contributed by atoms with Gasteiger partial charge in [0.15, 0.2) is 0 Å². The van der Waals surface area contributed by atoms with Crippen LogP contribution in [0.2, 0.25) is 0 Å². The van der Waals surface area contributed by atoms with Crippen LogP contribution in [0.15, 0.2) is 170 Å². The molecule has 0 aliphatic carbocycles. The molecule has 0 saturated heterocycles. The average molecular weight is 814 g/mol. The molecule has 0 aliphatic heterocycles. The Hall–Kier alpha value is -6.00. The zero-order valence-electron chi connectivity index (χ0n) is 39.1. The molecule has 3 nitrogen and oxygen atoms in total. The third-order valence-corrected chi connectivity index (χ3v) is 11.9. The summed E-state index contributed by atoms with van der Waals surface area (Å²) in [6.45, 7) is 27.1. The molecular weight excluding hydrogens is 749 g/mol. The van der Waals surface area contributed by atoms with E-state index in [2.05, 4.69) is 268 Å². The van der Waals surface area contributed by atoms with Crippen LogP contribution in [0, 0.1) is 0 Å². The van der Waals surface area contributed by atoms with Gasteiger partial charge in [-0.15, -0.1) is 0 Å². The summed E-state index contributed by atoms with van der Waals surface area (Å²) >= 11 is 0. The molecule has 0 bridgehead atoms. The van der Waals surface area contributed by atoms with Crippen LogP contribution >= 0.6 is 0 Å². The first-order valence-corrected chi connectivity index (χ1v) is 22.1. The number of anilines is 9. The van der Waals surface area contributed by atoms with Gasteiger partial charge in [0.05, 0.1) is 5.69 Å². The quantitative estimate of drug-likeness (QED) is 0.134. The van der Waals surface area contributed by atoms with E-state index in [4.69, 9.17) is 7.85 Å². The summed E-state index contributed by atoms with van der Waals surface area (Å²) in [5.41, 5.74) is 14.7. The number of nitrogens with zero attached hydrogens (tertiary/aromatic N) is 3. The van der Waals surface area contributed by atoms with Gasteiger partial charge in [0.1, 0.15) is 7.85 Å². The molecule has 0 N–H and O–H groups in total. The van der Waals surface area contributed by atoms with E-state index in [1.165, 1.54) is 22.3 Å². The van der Waals surface area contributed by atoms with Crippen LogP contribution in [0.4, 0.5) is 51.2 Å². The van der Waals surface area contributed by atoms with Gasteiger partial charge in [0.2, 0.25) is 0 Å². The van der Waals surface area contributed by atoms with Crippen molar-refractivity contribution in [3.63, 3.8) is 0 Å². The normalized spacial score (nSPS) is 12.3. The molecule has 62 heavy (non-hydrogen) atoms. The van der Waals surface area contributed by atoms with E-state index in [0.29, 0.717) is 5.46 Å². The lowest BCUT2D eigenvalue weighted by Gasteiger charge is -2.35. The molecule has 4 heteroatoms. The lowest BCUT2D eigenvalue weighted by atomic mass is 9.85. The van der Waals surface area contributed by atoms with Crippen molar-refractivity contribution in [2.75, 3.05) is 14.7 Å². The van der Waals surface area contributed by atoms with E-state index in [1.807, 2.05) is 0 Å². The Morgan fingerprint density at radius 3 is 0.726 bits per heavy atom. The third-order valence-electron chi connectivity index (χ3n) is 11.9. The van der Waals surface area contributed by atoms with E-state index in [-0.39, 0.29) is 21.7 Å².